The van der Waals surface area contributed by atoms with Gasteiger partial charge in [-0.1, -0.05) is 58.7 Å². The van der Waals surface area contributed by atoms with Gasteiger partial charge in [0.2, 0.25) is 5.91 Å². The van der Waals surface area contributed by atoms with Crippen LogP contribution in [0.2, 0.25) is 10.0 Å². The van der Waals surface area contributed by atoms with E-state index in [4.69, 9.17) is 23.2 Å². The van der Waals surface area contributed by atoms with Crippen LogP contribution < -0.4 is 5.32 Å². The van der Waals surface area contributed by atoms with Crippen molar-refractivity contribution in [2.45, 2.75) is 37.4 Å². The van der Waals surface area contributed by atoms with Crippen LogP contribution >= 0.6 is 46.7 Å². The predicted molar refractivity (Wildman–Crippen MR) is 132 cm³/mol. The van der Waals surface area contributed by atoms with Crippen LogP contribution in [0.3, 0.4) is 0 Å². The molecule has 0 spiro atoms. The van der Waals surface area contributed by atoms with E-state index in [9.17, 15) is 4.79 Å². The SMILES string of the molecule is Cc1cc(C)c(NC(=O)CSc2nnc(CSCc3ccc(Cl)cc3Cl)n2C)c(C)c1. The number of benzene rings is 2. The van der Waals surface area contributed by atoms with Gasteiger partial charge in [0.1, 0.15) is 5.82 Å². The quantitative estimate of drug-likeness (QED) is 0.377. The Morgan fingerprint density at radius 2 is 1.77 bits per heavy atom. The summed E-state index contributed by atoms with van der Waals surface area (Å²) in [6, 6.07) is 9.66. The summed E-state index contributed by atoms with van der Waals surface area (Å²) in [4.78, 5) is 12.5. The molecule has 164 valence electrons. The minimum atomic E-state index is -0.0589. The third-order valence-electron chi connectivity index (χ3n) is 4.70. The van der Waals surface area contributed by atoms with Crippen LogP contribution in [0.5, 0.6) is 0 Å². The van der Waals surface area contributed by atoms with E-state index in [1.54, 1.807) is 17.8 Å². The highest BCUT2D eigenvalue weighted by molar-refractivity contribution is 7.99. The number of nitrogens with zero attached hydrogens (tertiary/aromatic N) is 3. The van der Waals surface area contributed by atoms with E-state index in [2.05, 4.69) is 34.6 Å². The van der Waals surface area contributed by atoms with Gasteiger partial charge in [0.25, 0.3) is 0 Å². The second kappa shape index (κ2) is 10.8. The van der Waals surface area contributed by atoms with E-state index in [0.29, 0.717) is 21.0 Å². The fourth-order valence-corrected chi connectivity index (χ4v) is 5.46. The Bertz CT molecular complexity index is 1080. The molecule has 1 N–H and O–H groups in total. The maximum absolute atomic E-state index is 12.5. The first kappa shape index (κ1) is 24.0. The first-order valence-corrected chi connectivity index (χ1v) is 12.5. The monoisotopic (exact) mass is 494 g/mol. The first-order chi connectivity index (χ1) is 14.7. The summed E-state index contributed by atoms with van der Waals surface area (Å²) in [6.45, 7) is 6.06. The van der Waals surface area contributed by atoms with Crippen molar-refractivity contribution in [3.63, 3.8) is 0 Å². The van der Waals surface area contributed by atoms with Crippen LogP contribution in [0.4, 0.5) is 5.69 Å². The number of carbonyl (C=O) groups is 1. The minimum absolute atomic E-state index is 0.0589. The van der Waals surface area contributed by atoms with Gasteiger partial charge in [-0.15, -0.1) is 22.0 Å². The van der Waals surface area contributed by atoms with E-state index in [1.165, 1.54) is 17.3 Å². The van der Waals surface area contributed by atoms with E-state index in [1.807, 2.05) is 37.6 Å². The molecule has 5 nitrogen and oxygen atoms in total. The van der Waals surface area contributed by atoms with E-state index >= 15 is 0 Å². The van der Waals surface area contributed by atoms with Crippen LogP contribution in [0, 0.1) is 20.8 Å². The second-order valence-electron chi connectivity index (χ2n) is 7.30. The molecular weight excluding hydrogens is 471 g/mol. The average Bonchev–Trinajstić information content (AvgIpc) is 3.04. The molecule has 9 heteroatoms. The molecule has 2 aromatic carbocycles. The fourth-order valence-electron chi connectivity index (χ4n) is 3.17. The molecule has 0 saturated heterocycles. The molecule has 0 aliphatic heterocycles. The number of thioether (sulfide) groups is 2. The van der Waals surface area contributed by atoms with Crippen molar-refractivity contribution in [3.8, 4) is 0 Å². The zero-order chi connectivity index (χ0) is 22.5. The van der Waals surface area contributed by atoms with E-state index < -0.39 is 0 Å². The van der Waals surface area contributed by atoms with Gasteiger partial charge in [0.15, 0.2) is 5.16 Å². The van der Waals surface area contributed by atoms with Crippen LogP contribution in [0.25, 0.3) is 0 Å². The van der Waals surface area contributed by atoms with Gasteiger partial charge >= 0.3 is 0 Å². The van der Waals surface area contributed by atoms with Crippen molar-refractivity contribution < 1.29 is 4.79 Å². The summed E-state index contributed by atoms with van der Waals surface area (Å²) in [5.41, 5.74) is 5.23. The van der Waals surface area contributed by atoms with Crippen LogP contribution in [0.15, 0.2) is 35.5 Å². The molecule has 0 radical (unpaired) electrons. The third-order valence-corrected chi connectivity index (χ3v) is 7.29. The summed E-state index contributed by atoms with van der Waals surface area (Å²) in [7, 11) is 1.92. The number of carbonyl (C=O) groups excluding carboxylic acids is 1. The van der Waals surface area contributed by atoms with Crippen LogP contribution in [-0.2, 0) is 23.3 Å². The molecule has 3 rings (SSSR count). The molecule has 0 aliphatic rings. The highest BCUT2D eigenvalue weighted by Gasteiger charge is 2.13. The largest absolute Gasteiger partial charge is 0.325 e. The minimum Gasteiger partial charge on any atom is -0.325 e. The number of hydrogen-bond donors (Lipinski definition) is 1. The zero-order valence-electron chi connectivity index (χ0n) is 17.8. The lowest BCUT2D eigenvalue weighted by atomic mass is 10.1. The molecule has 31 heavy (non-hydrogen) atoms. The maximum atomic E-state index is 12.5. The van der Waals surface area contributed by atoms with Crippen molar-refractivity contribution in [3.05, 3.63) is 68.5 Å². The van der Waals surface area contributed by atoms with Gasteiger partial charge in [-0.25, -0.2) is 0 Å². The Balaban J connectivity index is 1.52. The number of halogens is 2. The number of rotatable bonds is 8. The normalized spacial score (nSPS) is 11.0. The molecule has 0 saturated carbocycles. The van der Waals surface area contributed by atoms with Crippen molar-refractivity contribution in [2.75, 3.05) is 11.1 Å². The lowest BCUT2D eigenvalue weighted by Crippen LogP contribution is -2.16. The standard InChI is InChI=1S/C22H24Cl2N4OS2/c1-13-7-14(2)21(15(3)8-13)25-20(29)12-31-22-27-26-19(28(22)4)11-30-10-16-5-6-17(23)9-18(16)24/h5-9H,10-12H2,1-4H3,(H,25,29). The molecule has 0 fully saturated rings. The third kappa shape index (κ3) is 6.42. The Kier molecular flexibility index (Phi) is 8.33. The van der Waals surface area contributed by atoms with Gasteiger partial charge in [0.05, 0.1) is 11.5 Å². The van der Waals surface area contributed by atoms with Crippen molar-refractivity contribution in [1.29, 1.82) is 0 Å². The molecule has 0 atom stereocenters. The number of hydrogen-bond acceptors (Lipinski definition) is 5. The van der Waals surface area contributed by atoms with Crippen molar-refractivity contribution in [1.82, 2.24) is 14.8 Å². The number of aryl methyl sites for hydroxylation is 3. The summed E-state index contributed by atoms with van der Waals surface area (Å²) in [5, 5.41) is 13.5. The summed E-state index contributed by atoms with van der Waals surface area (Å²) in [6.07, 6.45) is 0. The first-order valence-electron chi connectivity index (χ1n) is 9.65. The Morgan fingerprint density at radius 1 is 1.06 bits per heavy atom. The number of anilines is 1. The highest BCUT2D eigenvalue weighted by atomic mass is 35.5. The molecule has 1 amide bonds. The molecule has 0 aliphatic carbocycles. The Labute approximate surface area is 201 Å². The number of amides is 1. The summed E-state index contributed by atoms with van der Waals surface area (Å²) >= 11 is 15.3. The smallest absolute Gasteiger partial charge is 0.234 e. The van der Waals surface area contributed by atoms with Gasteiger partial charge in [-0.3, -0.25) is 4.79 Å². The topological polar surface area (TPSA) is 59.8 Å². The summed E-state index contributed by atoms with van der Waals surface area (Å²) in [5.74, 6) is 2.51. The maximum Gasteiger partial charge on any atom is 0.234 e. The highest BCUT2D eigenvalue weighted by Crippen LogP contribution is 2.27. The fraction of sp³-hybridized carbons (Fsp3) is 0.318. The van der Waals surface area contributed by atoms with Crippen LogP contribution in [0.1, 0.15) is 28.1 Å². The zero-order valence-corrected chi connectivity index (χ0v) is 21.0. The number of aromatic nitrogens is 3. The second-order valence-corrected chi connectivity index (χ2v) is 10.1. The van der Waals surface area contributed by atoms with Crippen molar-refractivity contribution in [2.24, 2.45) is 7.05 Å². The molecule has 1 heterocycles. The Morgan fingerprint density at radius 3 is 2.45 bits per heavy atom. The van der Waals surface area contributed by atoms with E-state index in [-0.39, 0.29) is 11.7 Å². The van der Waals surface area contributed by atoms with Gasteiger partial charge in [-0.2, -0.15) is 0 Å². The van der Waals surface area contributed by atoms with Gasteiger partial charge in [-0.05, 0) is 49.6 Å². The van der Waals surface area contributed by atoms with Crippen LogP contribution in [-0.4, -0.2) is 26.4 Å². The average molecular weight is 496 g/mol. The lowest BCUT2D eigenvalue weighted by Gasteiger charge is -2.12. The Hall–Kier alpha value is -1.67. The molecule has 1 aromatic heterocycles. The van der Waals surface area contributed by atoms with Gasteiger partial charge < -0.3 is 9.88 Å². The van der Waals surface area contributed by atoms with E-state index in [0.717, 1.165) is 34.0 Å². The lowest BCUT2D eigenvalue weighted by molar-refractivity contribution is -0.113. The number of nitrogens with one attached hydrogen (secondary N) is 1. The van der Waals surface area contributed by atoms with Crippen molar-refractivity contribution >= 4 is 58.3 Å². The predicted octanol–water partition coefficient (Wildman–Crippen LogP) is 6.21. The molecule has 3 aromatic rings. The molecule has 0 unspecified atom stereocenters. The molecule has 0 bridgehead atoms. The van der Waals surface area contributed by atoms with Gasteiger partial charge in [0, 0.05) is 28.5 Å². The summed E-state index contributed by atoms with van der Waals surface area (Å²) < 4.78 is 1.93. The molecular formula is C22H24Cl2N4OS2.